The molecule has 5 fully saturated rings. The third-order valence-electron chi connectivity index (χ3n) is 17.3. The Morgan fingerprint density at radius 1 is 0.718 bits per heavy atom. The Balaban J connectivity index is 0.000000330. The number of methoxy groups -OCH3 is 2. The van der Waals surface area contributed by atoms with E-state index in [-0.39, 0.29) is 79.7 Å². The van der Waals surface area contributed by atoms with E-state index in [2.05, 4.69) is 0 Å². The lowest BCUT2D eigenvalue weighted by Gasteiger charge is -2.51. The lowest BCUT2D eigenvalue weighted by atomic mass is 9.77. The fourth-order valence-electron chi connectivity index (χ4n) is 11.4. The number of fused-ring (bicyclic) bond motifs is 1. The molecule has 1 aromatic rings. The van der Waals surface area contributed by atoms with Crippen molar-refractivity contribution in [3.05, 3.63) is 35.9 Å². The van der Waals surface area contributed by atoms with Crippen molar-refractivity contribution in [2.45, 2.75) is 211 Å². The van der Waals surface area contributed by atoms with Crippen LogP contribution in [0.25, 0.3) is 0 Å². The van der Waals surface area contributed by atoms with E-state index in [0.29, 0.717) is 12.8 Å². The molecular weight excluding hydrogens is 1180 g/mol. The largest absolute Gasteiger partial charge is 0.465 e. The third-order valence-corrected chi connectivity index (χ3v) is 17.8. The molecular formula is C59H86Cl3NO22. The van der Waals surface area contributed by atoms with E-state index in [4.69, 9.17) is 107 Å². The highest BCUT2D eigenvalue weighted by Gasteiger charge is 2.62. The summed E-state index contributed by atoms with van der Waals surface area (Å²) in [5.41, 5.74) is 0.160. The van der Waals surface area contributed by atoms with Crippen LogP contribution in [0.3, 0.4) is 0 Å². The van der Waals surface area contributed by atoms with Crippen LogP contribution >= 0.6 is 34.8 Å². The molecule has 5 aliphatic heterocycles. The smallest absolute Gasteiger partial charge is 0.366 e. The molecule has 5 aliphatic rings. The highest BCUT2D eigenvalue weighted by atomic mass is 35.6. The number of aliphatic hydroxyl groups is 1. The lowest BCUT2D eigenvalue weighted by Crippen LogP contribution is -2.65. The Morgan fingerprint density at radius 3 is 1.82 bits per heavy atom. The maximum absolute atomic E-state index is 13.9. The van der Waals surface area contributed by atoms with E-state index in [1.807, 2.05) is 62.3 Å². The van der Waals surface area contributed by atoms with Gasteiger partial charge in [-0.05, 0) is 67.4 Å². The normalized spacial score (nSPS) is 35.1. The summed E-state index contributed by atoms with van der Waals surface area (Å²) >= 11 is 17.8. The van der Waals surface area contributed by atoms with Crippen molar-refractivity contribution in [3.8, 4) is 0 Å². The molecule has 0 aromatic heterocycles. The molecule has 0 radical (unpaired) electrons. The molecule has 2 N–H and O–H groups in total. The number of nitrogens with one attached hydrogen (secondary N) is 1. The number of esters is 7. The van der Waals surface area contributed by atoms with Gasteiger partial charge in [0.25, 0.3) is 15.4 Å². The van der Waals surface area contributed by atoms with Crippen molar-refractivity contribution in [2.24, 2.45) is 47.3 Å². The minimum absolute atomic E-state index is 0.0157. The predicted molar refractivity (Wildman–Crippen MR) is 304 cm³/mol. The number of hydrogen-bond acceptors (Lipinski definition) is 23. The van der Waals surface area contributed by atoms with Crippen molar-refractivity contribution in [2.75, 3.05) is 27.4 Å². The number of aliphatic hydroxyl groups excluding tert-OH is 1. The number of halogens is 3. The maximum Gasteiger partial charge on any atom is 0.366 e. The molecule has 0 bridgehead atoms. The van der Waals surface area contributed by atoms with E-state index < -0.39 is 142 Å². The van der Waals surface area contributed by atoms with Gasteiger partial charge in [0.1, 0.15) is 55.4 Å². The number of benzene rings is 1. The van der Waals surface area contributed by atoms with Gasteiger partial charge in [0.2, 0.25) is 12.2 Å². The van der Waals surface area contributed by atoms with Gasteiger partial charge in [0.05, 0.1) is 51.4 Å². The van der Waals surface area contributed by atoms with Crippen LogP contribution in [0.2, 0.25) is 0 Å². The van der Waals surface area contributed by atoms with Gasteiger partial charge < -0.3 is 71.4 Å². The molecule has 23 nitrogen and oxygen atoms in total. The number of hydrogen-bond donors (Lipinski definition) is 2. The number of alkyl halides is 3. The SMILES string of the molecule is CC[C@@H](C)[C@@H](OC(C)=O)C1O[C@@](OC2C(OC(=O)c3ccccc3)C(OC(=N)C(Cl)(Cl)Cl)O[C@@H](COC(C)=O)[C@@H]2C)(C(=O)OC)C[C@@H](C)[C@H]1C.CC[C@@H](C)[C@@H](OC(C)=O)C1O[C@@](OCC2O[C@@H](C)C(C)[C@@H](C)[C@H]2O)(C(=O)OC)C[C@H]2OC(=O)C[C@@H]12. The van der Waals surface area contributed by atoms with Crippen LogP contribution in [0.15, 0.2) is 30.3 Å². The third kappa shape index (κ3) is 17.5. The number of ether oxygens (including phenoxy) is 14. The zero-order valence-electron chi connectivity index (χ0n) is 51.0. The highest BCUT2D eigenvalue weighted by molar-refractivity contribution is 6.76. The minimum atomic E-state index is -2.34. The minimum Gasteiger partial charge on any atom is -0.465 e. The van der Waals surface area contributed by atoms with Crippen molar-refractivity contribution in [1.29, 1.82) is 5.41 Å². The fraction of sp³-hybridized carbons (Fsp3) is 0.763. The van der Waals surface area contributed by atoms with Crippen molar-refractivity contribution >= 4 is 82.5 Å². The maximum atomic E-state index is 13.9. The van der Waals surface area contributed by atoms with Crippen molar-refractivity contribution < 1.29 is 105 Å². The zero-order chi connectivity index (χ0) is 63.6. The molecule has 85 heavy (non-hydrogen) atoms. The molecule has 1 aromatic carbocycles. The van der Waals surface area contributed by atoms with Crippen LogP contribution in [-0.4, -0.2) is 169 Å². The summed E-state index contributed by atoms with van der Waals surface area (Å²) in [5, 5.41) is 19.1. The molecule has 480 valence electrons. The van der Waals surface area contributed by atoms with E-state index in [1.54, 1.807) is 25.1 Å². The summed E-state index contributed by atoms with van der Waals surface area (Å²) in [6.07, 6.45) is -9.71. The molecule has 5 saturated heterocycles. The second-order valence-corrected chi connectivity index (χ2v) is 25.4. The molecule has 5 heterocycles. The fourth-order valence-corrected chi connectivity index (χ4v) is 11.5. The second kappa shape index (κ2) is 30.7. The summed E-state index contributed by atoms with van der Waals surface area (Å²) in [6, 6.07) is 8.02. The van der Waals surface area contributed by atoms with Gasteiger partial charge >= 0.3 is 41.8 Å². The molecule has 26 heteroatoms. The van der Waals surface area contributed by atoms with E-state index in [1.165, 1.54) is 47.1 Å². The molecule has 0 amide bonds. The first-order valence-corrected chi connectivity index (χ1v) is 30.0. The average Bonchev–Trinajstić information content (AvgIpc) is 2.09. The number of carbonyl (C=O) groups excluding carboxylic acids is 7. The topological polar surface area (TPSA) is 293 Å². The zero-order valence-corrected chi connectivity index (χ0v) is 53.3. The summed E-state index contributed by atoms with van der Waals surface area (Å²) in [4.78, 5) is 88.8. The van der Waals surface area contributed by atoms with Gasteiger partial charge in [-0.25, -0.2) is 14.4 Å². The Morgan fingerprint density at radius 2 is 1.28 bits per heavy atom. The molecule has 7 unspecified atom stereocenters. The van der Waals surface area contributed by atoms with Gasteiger partial charge in [-0.3, -0.25) is 24.6 Å². The summed E-state index contributed by atoms with van der Waals surface area (Å²) < 4.78 is 79.6. The summed E-state index contributed by atoms with van der Waals surface area (Å²) in [6.45, 7) is 22.4. The molecule has 0 saturated carbocycles. The van der Waals surface area contributed by atoms with E-state index in [9.17, 15) is 38.7 Å². The summed E-state index contributed by atoms with van der Waals surface area (Å²) in [5.74, 6) is -11.4. The first-order chi connectivity index (χ1) is 39.8. The van der Waals surface area contributed by atoms with Gasteiger partial charge in [-0.15, -0.1) is 0 Å². The van der Waals surface area contributed by atoms with Crippen molar-refractivity contribution in [1.82, 2.24) is 0 Å². The average molecular weight is 1270 g/mol. The van der Waals surface area contributed by atoms with Crippen LogP contribution in [0.1, 0.15) is 132 Å². The highest BCUT2D eigenvalue weighted by Crippen LogP contribution is 2.47. The predicted octanol–water partition coefficient (Wildman–Crippen LogP) is 7.78. The summed E-state index contributed by atoms with van der Waals surface area (Å²) in [7, 11) is 2.39. The van der Waals surface area contributed by atoms with E-state index in [0.717, 1.165) is 0 Å². The van der Waals surface area contributed by atoms with Gasteiger partial charge in [-0.2, -0.15) is 0 Å². The van der Waals surface area contributed by atoms with E-state index >= 15 is 0 Å². The van der Waals surface area contributed by atoms with Crippen molar-refractivity contribution in [3.63, 3.8) is 0 Å². The molecule has 6 rings (SSSR count). The monoisotopic (exact) mass is 1270 g/mol. The number of rotatable bonds is 20. The Labute approximate surface area is 512 Å². The van der Waals surface area contributed by atoms with Gasteiger partial charge in [0.15, 0.2) is 6.10 Å². The van der Waals surface area contributed by atoms with Crippen LogP contribution in [0, 0.1) is 52.8 Å². The second-order valence-electron chi connectivity index (χ2n) is 23.1. The quantitative estimate of drug-likeness (QED) is 0.0414. The lowest BCUT2D eigenvalue weighted by molar-refractivity contribution is -0.357. The molecule has 22 atom stereocenters. The first kappa shape index (κ1) is 71.3. The van der Waals surface area contributed by atoms with Gasteiger partial charge in [0, 0.05) is 39.0 Å². The Kier molecular flexibility index (Phi) is 25.7. The Hall–Kier alpha value is -4.43. The molecule has 0 spiro atoms. The van der Waals surface area contributed by atoms with Crippen LogP contribution in [-0.2, 0) is 95.1 Å². The first-order valence-electron chi connectivity index (χ1n) is 28.9. The number of carbonyl (C=O) groups is 7. The van der Waals surface area contributed by atoms with Crippen LogP contribution in [0.5, 0.6) is 0 Å². The van der Waals surface area contributed by atoms with Gasteiger partial charge in [-0.1, -0.05) is 115 Å². The standard InChI is InChI=1S/C34H46Cl3NO12.C25H40O10/c1-9-17(2)25(45-22(7)40)26-19(4)18(3)15-33(49-26,32(42)43-8)50-27-20(5)24(16-44-21(6)39)46-30(48-31(38)34(35,36)37)28(27)47-29(41)23-13-11-10-12-14-23;1-8-12(2)22(33-16(6)26)23-17-9-20(27)34-18(17)10-25(35-23,24(29)30-7)31-11-19-21(28)14(4)13(3)15(5)32-19/h10-14,17-20,24-28,30,38H,9,15-16H2,1-8H3;12-15,17-19,21-23,28H,8-11H2,1-7H3/t17-,18-,19-,20+,24+,25-,26?,27?,28?,30?,33+;12-,13?,14-,15+,17-,18-,19?,21-,22-,23?,25-/m11/s1. The van der Waals surface area contributed by atoms with Crippen LogP contribution < -0.4 is 0 Å². The van der Waals surface area contributed by atoms with Crippen LogP contribution in [0.4, 0.5) is 0 Å². The Bertz CT molecular complexity index is 2470. The molecule has 0 aliphatic carbocycles.